The number of nitrogens with two attached hydrogens (primary N) is 1. The third-order valence-corrected chi connectivity index (χ3v) is 3.51. The van der Waals surface area contributed by atoms with Gasteiger partial charge >= 0.3 is 0 Å². The molecule has 1 atom stereocenters. The first-order valence-corrected chi connectivity index (χ1v) is 6.34. The number of fused-ring (bicyclic) bond motifs is 1. The molecule has 0 bridgehead atoms. The minimum atomic E-state index is 0.0729. The van der Waals surface area contributed by atoms with E-state index in [1.807, 2.05) is 12.1 Å². The van der Waals surface area contributed by atoms with Crippen molar-refractivity contribution in [3.8, 4) is 0 Å². The minimum Gasteiger partial charge on any atom is -0.384 e. The van der Waals surface area contributed by atoms with E-state index in [0.717, 1.165) is 12.2 Å². The average Bonchev–Trinajstić information content (AvgIpc) is 2.74. The minimum absolute atomic E-state index is 0.0729. The van der Waals surface area contributed by atoms with Gasteiger partial charge < -0.3 is 10.6 Å². The molecule has 0 fully saturated rings. The molecule has 1 aromatic heterocycles. The van der Waals surface area contributed by atoms with Crippen LogP contribution in [-0.4, -0.2) is 16.9 Å². The van der Waals surface area contributed by atoms with Crippen molar-refractivity contribution in [1.29, 1.82) is 5.41 Å². The molecule has 1 unspecified atom stereocenters. The monoisotopic (exact) mass is 252 g/mol. The summed E-state index contributed by atoms with van der Waals surface area (Å²) in [5.74, 6) is 0.925. The molecule has 2 heterocycles. The van der Waals surface area contributed by atoms with Gasteiger partial charge in [-0.2, -0.15) is 0 Å². The Morgan fingerprint density at radius 1 is 1.37 bits per heavy atom. The molecular weight excluding hydrogens is 236 g/mol. The number of nitrogens with one attached hydrogen (secondary N) is 1. The van der Waals surface area contributed by atoms with Crippen molar-refractivity contribution in [2.75, 3.05) is 4.90 Å². The van der Waals surface area contributed by atoms with Crippen LogP contribution in [0.5, 0.6) is 0 Å². The molecule has 0 spiro atoms. The van der Waals surface area contributed by atoms with Crippen molar-refractivity contribution in [1.82, 2.24) is 4.98 Å². The molecule has 0 saturated carbocycles. The predicted octanol–water partition coefficient (Wildman–Crippen LogP) is 2.45. The second-order valence-corrected chi connectivity index (χ2v) is 4.87. The number of para-hydroxylation sites is 1. The summed E-state index contributed by atoms with van der Waals surface area (Å²) in [6, 6.07) is 12.4. The number of nitrogen functional groups attached to an aromatic ring is 1. The van der Waals surface area contributed by atoms with E-state index in [9.17, 15) is 0 Å². The van der Waals surface area contributed by atoms with Crippen molar-refractivity contribution >= 4 is 17.3 Å². The third-order valence-electron chi connectivity index (χ3n) is 3.51. The van der Waals surface area contributed by atoms with Crippen molar-refractivity contribution in [3.63, 3.8) is 0 Å². The standard InChI is InChI=1S/C15H16N4/c1-10-8-11-4-2-3-5-13(11)19(10)14-9-12(15(16)17)6-7-18-14/h2-7,9-10H,8H2,1H3,(H3,16,17). The van der Waals surface area contributed by atoms with E-state index in [1.54, 1.807) is 12.3 Å². The summed E-state index contributed by atoms with van der Waals surface area (Å²) in [5.41, 5.74) is 8.79. The summed E-state index contributed by atoms with van der Waals surface area (Å²) >= 11 is 0. The van der Waals surface area contributed by atoms with Crippen molar-refractivity contribution in [2.24, 2.45) is 5.73 Å². The molecule has 0 amide bonds. The lowest BCUT2D eigenvalue weighted by Crippen LogP contribution is -2.25. The maximum atomic E-state index is 7.53. The van der Waals surface area contributed by atoms with E-state index in [4.69, 9.17) is 11.1 Å². The molecule has 3 N–H and O–H groups in total. The van der Waals surface area contributed by atoms with Crippen molar-refractivity contribution in [2.45, 2.75) is 19.4 Å². The van der Waals surface area contributed by atoms with Crippen LogP contribution in [0.15, 0.2) is 42.6 Å². The first-order valence-electron chi connectivity index (χ1n) is 6.34. The van der Waals surface area contributed by atoms with Crippen LogP contribution >= 0.6 is 0 Å². The molecule has 1 aliphatic rings. The number of hydrogen-bond donors (Lipinski definition) is 2. The number of rotatable bonds is 2. The van der Waals surface area contributed by atoms with E-state index in [-0.39, 0.29) is 5.84 Å². The highest BCUT2D eigenvalue weighted by atomic mass is 15.2. The zero-order chi connectivity index (χ0) is 13.4. The predicted molar refractivity (Wildman–Crippen MR) is 77.0 cm³/mol. The van der Waals surface area contributed by atoms with Gasteiger partial charge in [0.25, 0.3) is 0 Å². The van der Waals surface area contributed by atoms with Crippen LogP contribution in [0.1, 0.15) is 18.1 Å². The number of aromatic nitrogens is 1. The fourth-order valence-electron chi connectivity index (χ4n) is 2.63. The molecule has 1 aliphatic heterocycles. The van der Waals surface area contributed by atoms with Gasteiger partial charge in [0.2, 0.25) is 0 Å². The molecule has 2 aromatic rings. The molecule has 1 aromatic carbocycles. The van der Waals surface area contributed by atoms with E-state index in [1.165, 1.54) is 11.3 Å². The Morgan fingerprint density at radius 3 is 2.95 bits per heavy atom. The zero-order valence-corrected chi connectivity index (χ0v) is 10.8. The van der Waals surface area contributed by atoms with Gasteiger partial charge in [-0.05, 0) is 37.1 Å². The van der Waals surface area contributed by atoms with Gasteiger partial charge in [-0.1, -0.05) is 18.2 Å². The molecular formula is C15H16N4. The van der Waals surface area contributed by atoms with Crippen LogP contribution in [-0.2, 0) is 6.42 Å². The Bertz CT molecular complexity index is 636. The lowest BCUT2D eigenvalue weighted by Gasteiger charge is -2.24. The molecule has 0 radical (unpaired) electrons. The SMILES string of the molecule is CC1Cc2ccccc2N1c1cc(C(=N)N)ccn1. The van der Waals surface area contributed by atoms with Crippen LogP contribution in [0.25, 0.3) is 0 Å². The van der Waals surface area contributed by atoms with Gasteiger partial charge in [-0.3, -0.25) is 5.41 Å². The average molecular weight is 252 g/mol. The number of nitrogens with zero attached hydrogens (tertiary/aromatic N) is 2. The number of anilines is 2. The van der Waals surface area contributed by atoms with E-state index >= 15 is 0 Å². The number of benzene rings is 1. The van der Waals surface area contributed by atoms with E-state index in [2.05, 4.69) is 35.0 Å². The Morgan fingerprint density at radius 2 is 2.16 bits per heavy atom. The van der Waals surface area contributed by atoms with Gasteiger partial charge in [0.1, 0.15) is 11.7 Å². The zero-order valence-electron chi connectivity index (χ0n) is 10.8. The second-order valence-electron chi connectivity index (χ2n) is 4.87. The topological polar surface area (TPSA) is 66.0 Å². The first-order chi connectivity index (χ1) is 9.16. The molecule has 3 rings (SSSR count). The van der Waals surface area contributed by atoms with Crippen LogP contribution in [0.4, 0.5) is 11.5 Å². The molecule has 4 heteroatoms. The molecule has 0 saturated heterocycles. The fraction of sp³-hybridized carbons (Fsp3) is 0.200. The molecule has 4 nitrogen and oxygen atoms in total. The van der Waals surface area contributed by atoms with Gasteiger partial charge in [0.05, 0.1) is 0 Å². The van der Waals surface area contributed by atoms with Crippen LogP contribution < -0.4 is 10.6 Å². The Hall–Kier alpha value is -2.36. The number of pyridine rings is 1. The quantitative estimate of drug-likeness (QED) is 0.637. The lowest BCUT2D eigenvalue weighted by atomic mass is 10.1. The molecule has 0 aliphatic carbocycles. The molecule has 96 valence electrons. The highest BCUT2D eigenvalue weighted by molar-refractivity contribution is 5.95. The smallest absolute Gasteiger partial charge is 0.133 e. The van der Waals surface area contributed by atoms with Gasteiger partial charge in [0, 0.05) is 23.5 Å². The van der Waals surface area contributed by atoms with Crippen molar-refractivity contribution in [3.05, 3.63) is 53.7 Å². The first kappa shape index (κ1) is 11.7. The summed E-state index contributed by atoms with van der Waals surface area (Å²) < 4.78 is 0. The summed E-state index contributed by atoms with van der Waals surface area (Å²) in [5, 5.41) is 7.53. The number of hydrogen-bond acceptors (Lipinski definition) is 3. The second kappa shape index (κ2) is 4.39. The van der Waals surface area contributed by atoms with E-state index < -0.39 is 0 Å². The third kappa shape index (κ3) is 1.95. The Labute approximate surface area is 112 Å². The Kier molecular flexibility index (Phi) is 2.71. The summed E-state index contributed by atoms with van der Waals surface area (Å²) in [6.07, 6.45) is 2.72. The van der Waals surface area contributed by atoms with Crippen LogP contribution in [0.2, 0.25) is 0 Å². The Balaban J connectivity index is 2.07. The fourth-order valence-corrected chi connectivity index (χ4v) is 2.63. The maximum Gasteiger partial charge on any atom is 0.133 e. The maximum absolute atomic E-state index is 7.53. The number of amidine groups is 1. The van der Waals surface area contributed by atoms with Gasteiger partial charge in [-0.25, -0.2) is 4.98 Å². The van der Waals surface area contributed by atoms with Crippen molar-refractivity contribution < 1.29 is 0 Å². The van der Waals surface area contributed by atoms with Crippen LogP contribution in [0.3, 0.4) is 0 Å². The normalized spacial score (nSPS) is 17.3. The van der Waals surface area contributed by atoms with Crippen LogP contribution in [0, 0.1) is 5.41 Å². The summed E-state index contributed by atoms with van der Waals surface area (Å²) in [4.78, 5) is 6.64. The molecule has 19 heavy (non-hydrogen) atoms. The van der Waals surface area contributed by atoms with Gasteiger partial charge in [-0.15, -0.1) is 0 Å². The largest absolute Gasteiger partial charge is 0.384 e. The highest BCUT2D eigenvalue weighted by Crippen LogP contribution is 2.37. The van der Waals surface area contributed by atoms with E-state index in [0.29, 0.717) is 11.6 Å². The lowest BCUT2D eigenvalue weighted by molar-refractivity contribution is 0.750. The van der Waals surface area contributed by atoms with Gasteiger partial charge in [0.15, 0.2) is 0 Å². The summed E-state index contributed by atoms with van der Waals surface area (Å²) in [7, 11) is 0. The summed E-state index contributed by atoms with van der Waals surface area (Å²) in [6.45, 7) is 2.18. The highest BCUT2D eigenvalue weighted by Gasteiger charge is 2.27.